The van der Waals surface area contributed by atoms with Gasteiger partial charge < -0.3 is 5.32 Å². The fourth-order valence-electron chi connectivity index (χ4n) is 1.23. The summed E-state index contributed by atoms with van der Waals surface area (Å²) >= 11 is 0. The van der Waals surface area contributed by atoms with E-state index in [9.17, 15) is 9.59 Å². The average molecular weight is 233 g/mol. The first-order valence-corrected chi connectivity index (χ1v) is 4.98. The second-order valence-electron chi connectivity index (χ2n) is 3.41. The van der Waals surface area contributed by atoms with Crippen molar-refractivity contribution in [1.29, 1.82) is 0 Å². The summed E-state index contributed by atoms with van der Waals surface area (Å²) in [5.74, 6) is 0.142. The molecule has 0 bridgehead atoms. The smallest absolute Gasteiger partial charge is 0.350 e. The van der Waals surface area contributed by atoms with Gasteiger partial charge in [0.05, 0.1) is 12.2 Å². The highest BCUT2D eigenvalue weighted by Crippen LogP contribution is 1.96. The molecule has 0 aromatic carbocycles. The van der Waals surface area contributed by atoms with Crippen LogP contribution in [0.3, 0.4) is 0 Å². The number of H-pyrrole nitrogens is 1. The van der Waals surface area contributed by atoms with Crippen LogP contribution in [0.25, 0.3) is 0 Å². The van der Waals surface area contributed by atoms with E-state index in [4.69, 9.17) is 0 Å². The van der Waals surface area contributed by atoms with E-state index in [1.807, 2.05) is 18.2 Å². The Morgan fingerprint density at radius 3 is 2.88 bits per heavy atom. The first-order chi connectivity index (χ1) is 8.16. The van der Waals surface area contributed by atoms with Crippen LogP contribution in [0.5, 0.6) is 0 Å². The minimum Gasteiger partial charge on any atom is -0.350 e. The third kappa shape index (κ3) is 2.57. The van der Waals surface area contributed by atoms with E-state index in [0.717, 1.165) is 10.3 Å². The predicted octanol–water partition coefficient (Wildman–Crippen LogP) is -0.524. The molecule has 0 aliphatic heterocycles. The van der Waals surface area contributed by atoms with Gasteiger partial charge >= 0.3 is 11.4 Å². The van der Waals surface area contributed by atoms with Crippen LogP contribution in [0.1, 0.15) is 5.69 Å². The first kappa shape index (κ1) is 11.1. The van der Waals surface area contributed by atoms with Gasteiger partial charge in [-0.25, -0.2) is 14.2 Å². The molecule has 0 saturated carbocycles. The number of aromatic nitrogens is 4. The lowest BCUT2D eigenvalue weighted by Crippen LogP contribution is -2.35. The van der Waals surface area contributed by atoms with Crippen LogP contribution in [-0.4, -0.2) is 19.5 Å². The fourth-order valence-corrected chi connectivity index (χ4v) is 1.23. The highest BCUT2D eigenvalue weighted by atomic mass is 16.2. The summed E-state index contributed by atoms with van der Waals surface area (Å²) in [7, 11) is 1.36. The summed E-state index contributed by atoms with van der Waals surface area (Å²) in [5.41, 5.74) is -0.318. The molecule has 0 unspecified atom stereocenters. The number of hydrogen-bond acceptors (Lipinski definition) is 5. The first-order valence-electron chi connectivity index (χ1n) is 4.98. The van der Waals surface area contributed by atoms with E-state index in [-0.39, 0.29) is 5.95 Å². The van der Waals surface area contributed by atoms with Crippen LogP contribution in [0.4, 0.5) is 5.95 Å². The van der Waals surface area contributed by atoms with Crippen molar-refractivity contribution in [1.82, 2.24) is 19.5 Å². The van der Waals surface area contributed by atoms with Gasteiger partial charge in [-0.1, -0.05) is 6.07 Å². The quantitative estimate of drug-likeness (QED) is 0.743. The van der Waals surface area contributed by atoms with Crippen molar-refractivity contribution in [3.05, 3.63) is 51.1 Å². The van der Waals surface area contributed by atoms with Crippen LogP contribution in [0.2, 0.25) is 0 Å². The number of rotatable bonds is 3. The lowest BCUT2D eigenvalue weighted by molar-refractivity contribution is 0.729. The van der Waals surface area contributed by atoms with Crippen LogP contribution in [0, 0.1) is 0 Å². The molecule has 7 heteroatoms. The maximum Gasteiger partial charge on any atom is 0.354 e. The van der Waals surface area contributed by atoms with Crippen molar-refractivity contribution in [3.8, 4) is 0 Å². The summed E-state index contributed by atoms with van der Waals surface area (Å²) in [6, 6.07) is 5.48. The summed E-state index contributed by atoms with van der Waals surface area (Å²) in [5, 5.41) is 2.83. The number of pyridine rings is 1. The second-order valence-corrected chi connectivity index (χ2v) is 3.41. The van der Waals surface area contributed by atoms with Crippen LogP contribution >= 0.6 is 0 Å². The number of anilines is 1. The average Bonchev–Trinajstić information content (AvgIpc) is 2.34. The molecule has 17 heavy (non-hydrogen) atoms. The highest BCUT2D eigenvalue weighted by molar-refractivity contribution is 5.22. The van der Waals surface area contributed by atoms with Crippen molar-refractivity contribution in [2.24, 2.45) is 7.05 Å². The van der Waals surface area contributed by atoms with Crippen molar-refractivity contribution < 1.29 is 0 Å². The summed E-state index contributed by atoms with van der Waals surface area (Å²) < 4.78 is 0.895. The molecule has 2 rings (SSSR count). The fraction of sp³-hybridized carbons (Fsp3) is 0.200. The van der Waals surface area contributed by atoms with E-state index < -0.39 is 11.4 Å². The maximum absolute atomic E-state index is 11.3. The standard InChI is InChI=1S/C10H11N5O2/c1-15-9(16)13-8(14-10(15)17)12-6-7-4-2-3-5-11-7/h2-5H,6H2,1H3,(H2,12,13,14,16,17). The zero-order valence-electron chi connectivity index (χ0n) is 9.17. The van der Waals surface area contributed by atoms with Crippen LogP contribution in [0.15, 0.2) is 34.0 Å². The molecule has 0 aliphatic rings. The molecule has 2 aromatic heterocycles. The molecule has 2 N–H and O–H groups in total. The van der Waals surface area contributed by atoms with Crippen molar-refractivity contribution in [2.45, 2.75) is 6.54 Å². The summed E-state index contributed by atoms with van der Waals surface area (Å²) in [6.07, 6.45) is 1.66. The van der Waals surface area contributed by atoms with E-state index >= 15 is 0 Å². The van der Waals surface area contributed by atoms with Crippen LogP contribution in [-0.2, 0) is 13.6 Å². The van der Waals surface area contributed by atoms with Gasteiger partial charge in [-0.2, -0.15) is 4.98 Å². The SMILES string of the molecule is Cn1c(=O)nc(NCc2ccccn2)[nH]c1=O. The highest BCUT2D eigenvalue weighted by Gasteiger charge is 2.01. The van der Waals surface area contributed by atoms with Crippen molar-refractivity contribution in [2.75, 3.05) is 5.32 Å². The lowest BCUT2D eigenvalue weighted by atomic mass is 10.3. The van der Waals surface area contributed by atoms with Gasteiger partial charge in [-0.3, -0.25) is 9.97 Å². The van der Waals surface area contributed by atoms with Gasteiger partial charge in [-0.15, -0.1) is 0 Å². The normalized spacial score (nSPS) is 10.2. The van der Waals surface area contributed by atoms with E-state index in [1.54, 1.807) is 6.20 Å². The predicted molar refractivity (Wildman–Crippen MR) is 61.7 cm³/mol. The molecule has 7 nitrogen and oxygen atoms in total. The molecule has 0 aliphatic carbocycles. The van der Waals surface area contributed by atoms with Crippen LogP contribution < -0.4 is 16.7 Å². The van der Waals surface area contributed by atoms with Crippen molar-refractivity contribution >= 4 is 5.95 Å². The minimum atomic E-state index is -0.600. The Kier molecular flexibility index (Phi) is 2.99. The summed E-state index contributed by atoms with van der Waals surface area (Å²) in [4.78, 5) is 32.7. The molecule has 2 heterocycles. The molecule has 0 radical (unpaired) electrons. The Morgan fingerprint density at radius 2 is 2.24 bits per heavy atom. The molecule has 88 valence electrons. The largest absolute Gasteiger partial charge is 0.354 e. The third-order valence-corrected chi connectivity index (χ3v) is 2.19. The second kappa shape index (κ2) is 4.60. The molecular formula is C10H11N5O2. The Bertz CT molecular complexity index is 585. The van der Waals surface area contributed by atoms with E-state index in [0.29, 0.717) is 6.54 Å². The Balaban J connectivity index is 2.16. The zero-order valence-corrected chi connectivity index (χ0v) is 9.17. The number of nitrogens with zero attached hydrogens (tertiary/aromatic N) is 3. The third-order valence-electron chi connectivity index (χ3n) is 2.19. The molecule has 0 atom stereocenters. The topological polar surface area (TPSA) is 92.7 Å². The van der Waals surface area contributed by atoms with Gasteiger partial charge in [0.25, 0.3) is 0 Å². The van der Waals surface area contributed by atoms with Gasteiger partial charge in [0.15, 0.2) is 0 Å². The summed E-state index contributed by atoms with van der Waals surface area (Å²) in [6.45, 7) is 0.386. The van der Waals surface area contributed by atoms with Gasteiger partial charge in [0.2, 0.25) is 5.95 Å². The monoisotopic (exact) mass is 233 g/mol. The van der Waals surface area contributed by atoms with Gasteiger partial charge in [0.1, 0.15) is 0 Å². The molecular weight excluding hydrogens is 222 g/mol. The molecule has 2 aromatic rings. The lowest BCUT2D eigenvalue weighted by Gasteiger charge is -2.04. The van der Waals surface area contributed by atoms with E-state index in [1.165, 1.54) is 7.05 Å². The molecule has 0 saturated heterocycles. The number of nitrogens with one attached hydrogen (secondary N) is 2. The zero-order chi connectivity index (χ0) is 12.3. The maximum atomic E-state index is 11.3. The van der Waals surface area contributed by atoms with E-state index in [2.05, 4.69) is 20.3 Å². The number of aromatic amines is 1. The van der Waals surface area contributed by atoms with Crippen molar-refractivity contribution in [3.63, 3.8) is 0 Å². The minimum absolute atomic E-state index is 0.142. The molecule has 0 amide bonds. The van der Waals surface area contributed by atoms with Gasteiger partial charge in [0, 0.05) is 13.2 Å². The Hall–Kier alpha value is -2.44. The number of hydrogen-bond donors (Lipinski definition) is 2. The Labute approximate surface area is 96.2 Å². The molecule has 0 spiro atoms. The van der Waals surface area contributed by atoms with Gasteiger partial charge in [-0.05, 0) is 12.1 Å². The molecule has 0 fully saturated rings. The Morgan fingerprint density at radius 1 is 1.41 bits per heavy atom.